The number of aliphatic hydroxyl groups is 1. The molecule has 0 aromatic heterocycles. The lowest BCUT2D eigenvalue weighted by Crippen LogP contribution is -2.57. The average Bonchev–Trinajstić information content (AvgIpc) is 3.26. The normalized spacial score (nSPS) is 17.8. The van der Waals surface area contributed by atoms with E-state index in [-0.39, 0.29) is 44.7 Å². The Labute approximate surface area is 195 Å². The van der Waals surface area contributed by atoms with E-state index in [1.165, 1.54) is 4.90 Å². The largest absolute Gasteiger partial charge is 0.481 e. The molecule has 1 aliphatic heterocycles. The second-order valence-corrected chi connectivity index (χ2v) is 7.82. The van der Waals surface area contributed by atoms with E-state index in [2.05, 4.69) is 15.6 Å². The summed E-state index contributed by atoms with van der Waals surface area (Å²) in [5, 5.41) is 31.6. The van der Waals surface area contributed by atoms with Gasteiger partial charge in [-0.2, -0.15) is 0 Å². The first-order chi connectivity index (χ1) is 16.0. The lowest BCUT2D eigenvalue weighted by atomic mass is 10.1. The van der Waals surface area contributed by atoms with Gasteiger partial charge in [0.25, 0.3) is 0 Å². The molecule has 0 bridgehead atoms. The monoisotopic (exact) mass is 487 g/mol. The predicted octanol–water partition coefficient (Wildman–Crippen LogP) is -3.73. The number of amides is 3. The number of carboxylic acid groups (broad SMARTS) is 2. The molecule has 15 nitrogen and oxygen atoms in total. The zero-order valence-electron chi connectivity index (χ0n) is 18.7. The molecule has 1 saturated heterocycles. The highest BCUT2D eigenvalue weighted by molar-refractivity contribution is 5.94. The molecule has 34 heavy (non-hydrogen) atoms. The van der Waals surface area contributed by atoms with Crippen LogP contribution in [0.25, 0.3) is 0 Å². The number of carbonyl (C=O) groups is 5. The molecule has 1 fully saturated rings. The minimum atomic E-state index is -1.52. The highest BCUT2D eigenvalue weighted by atomic mass is 16.4. The molecule has 0 saturated carbocycles. The standard InChI is InChI=1S/C19H33N7O8/c20-10(5-6-14(28)29)15(30)24-11(3-1-7-23-19(21)22)17(32)26-8-2-4-13(26)16(31)25-12(9-27)18(33)34/h10-13,27H,1-9,20H2,(H,24,30)(H,25,31)(H,28,29)(H,33,34)(H4,21,22,23). The highest BCUT2D eigenvalue weighted by Gasteiger charge is 2.39. The fourth-order valence-corrected chi connectivity index (χ4v) is 3.41. The van der Waals surface area contributed by atoms with Crippen molar-refractivity contribution in [3.63, 3.8) is 0 Å². The Kier molecular flexibility index (Phi) is 11.7. The molecular weight excluding hydrogens is 454 g/mol. The number of guanidine groups is 1. The van der Waals surface area contributed by atoms with Gasteiger partial charge in [0, 0.05) is 19.5 Å². The first-order valence-corrected chi connectivity index (χ1v) is 10.8. The predicted molar refractivity (Wildman–Crippen MR) is 118 cm³/mol. The number of aliphatic imine (C=N–C) groups is 1. The van der Waals surface area contributed by atoms with Gasteiger partial charge in [0.1, 0.15) is 18.1 Å². The summed E-state index contributed by atoms with van der Waals surface area (Å²) in [6.45, 7) is -0.452. The number of carbonyl (C=O) groups excluding carboxylic acids is 3. The summed E-state index contributed by atoms with van der Waals surface area (Å²) in [6.07, 6.45) is 0.668. The zero-order valence-corrected chi connectivity index (χ0v) is 18.7. The van der Waals surface area contributed by atoms with Crippen LogP contribution in [0.1, 0.15) is 38.5 Å². The summed E-state index contributed by atoms with van der Waals surface area (Å²) in [5.41, 5.74) is 16.3. The van der Waals surface area contributed by atoms with E-state index in [1.54, 1.807) is 0 Å². The second-order valence-electron chi connectivity index (χ2n) is 7.82. The fraction of sp³-hybridized carbons (Fsp3) is 0.684. The third-order valence-corrected chi connectivity index (χ3v) is 5.20. The van der Waals surface area contributed by atoms with Gasteiger partial charge < -0.3 is 48.1 Å². The van der Waals surface area contributed by atoms with Crippen LogP contribution >= 0.6 is 0 Å². The number of carboxylic acids is 2. The van der Waals surface area contributed by atoms with E-state index in [4.69, 9.17) is 32.5 Å². The Balaban J connectivity index is 2.95. The summed E-state index contributed by atoms with van der Waals surface area (Å²) in [4.78, 5) is 65.2. The molecule has 4 unspecified atom stereocenters. The lowest BCUT2D eigenvalue weighted by molar-refractivity contribution is -0.145. The molecule has 0 aliphatic carbocycles. The fourth-order valence-electron chi connectivity index (χ4n) is 3.41. The number of nitrogens with zero attached hydrogens (tertiary/aromatic N) is 2. The molecule has 0 spiro atoms. The first-order valence-electron chi connectivity index (χ1n) is 10.8. The van der Waals surface area contributed by atoms with Crippen molar-refractivity contribution in [3.8, 4) is 0 Å². The smallest absolute Gasteiger partial charge is 0.328 e. The van der Waals surface area contributed by atoms with Gasteiger partial charge in [-0.25, -0.2) is 4.79 Å². The Bertz CT molecular complexity index is 787. The van der Waals surface area contributed by atoms with Gasteiger partial charge in [-0.05, 0) is 32.1 Å². The summed E-state index contributed by atoms with van der Waals surface area (Å²) < 4.78 is 0. The van der Waals surface area contributed by atoms with Crippen molar-refractivity contribution < 1.29 is 39.3 Å². The molecule has 3 amide bonds. The second kappa shape index (κ2) is 13.9. The summed E-state index contributed by atoms with van der Waals surface area (Å²) in [6, 6.07) is -4.77. The van der Waals surface area contributed by atoms with Crippen LogP contribution in [0.4, 0.5) is 0 Å². The maximum absolute atomic E-state index is 13.2. The van der Waals surface area contributed by atoms with Gasteiger partial charge in [0.05, 0.1) is 12.6 Å². The van der Waals surface area contributed by atoms with Gasteiger partial charge in [0.15, 0.2) is 5.96 Å². The maximum atomic E-state index is 13.2. The van der Waals surface area contributed by atoms with Crippen molar-refractivity contribution in [2.45, 2.75) is 62.7 Å². The van der Waals surface area contributed by atoms with Gasteiger partial charge in [-0.1, -0.05) is 0 Å². The van der Waals surface area contributed by atoms with Crippen molar-refractivity contribution in [1.29, 1.82) is 0 Å². The van der Waals surface area contributed by atoms with E-state index in [9.17, 15) is 24.0 Å². The van der Waals surface area contributed by atoms with E-state index < -0.39 is 60.4 Å². The summed E-state index contributed by atoms with van der Waals surface area (Å²) >= 11 is 0. The van der Waals surface area contributed by atoms with Crippen LogP contribution in [0, 0.1) is 0 Å². The zero-order chi connectivity index (χ0) is 25.8. The van der Waals surface area contributed by atoms with Crippen molar-refractivity contribution in [3.05, 3.63) is 0 Å². The Morgan fingerprint density at radius 3 is 2.29 bits per heavy atom. The molecule has 0 aromatic rings. The number of hydrogen-bond acceptors (Lipinski definition) is 8. The van der Waals surface area contributed by atoms with Crippen LogP contribution < -0.4 is 27.8 Å². The molecule has 1 aliphatic rings. The Morgan fingerprint density at radius 1 is 1.06 bits per heavy atom. The molecule has 1 heterocycles. The number of nitrogens with one attached hydrogen (secondary N) is 2. The van der Waals surface area contributed by atoms with Crippen molar-refractivity contribution in [2.75, 3.05) is 19.7 Å². The van der Waals surface area contributed by atoms with Crippen molar-refractivity contribution in [1.82, 2.24) is 15.5 Å². The van der Waals surface area contributed by atoms with Gasteiger partial charge in [-0.15, -0.1) is 0 Å². The van der Waals surface area contributed by atoms with Crippen LogP contribution in [0.3, 0.4) is 0 Å². The maximum Gasteiger partial charge on any atom is 0.328 e. The molecular formula is C19H33N7O8. The minimum absolute atomic E-state index is 0.103. The number of likely N-dealkylation sites (tertiary alicyclic amines) is 1. The molecule has 1 rings (SSSR count). The number of rotatable bonds is 14. The van der Waals surface area contributed by atoms with Gasteiger partial charge >= 0.3 is 11.9 Å². The van der Waals surface area contributed by atoms with Crippen LogP contribution in [0.15, 0.2) is 4.99 Å². The lowest BCUT2D eigenvalue weighted by Gasteiger charge is -2.29. The van der Waals surface area contributed by atoms with Gasteiger partial charge in [0.2, 0.25) is 17.7 Å². The molecule has 0 aromatic carbocycles. The number of nitrogens with two attached hydrogens (primary N) is 3. The van der Waals surface area contributed by atoms with E-state index >= 15 is 0 Å². The van der Waals surface area contributed by atoms with Crippen LogP contribution in [-0.4, -0.2) is 99.7 Å². The van der Waals surface area contributed by atoms with Gasteiger partial charge in [-0.3, -0.25) is 24.2 Å². The van der Waals surface area contributed by atoms with Crippen LogP contribution in [0.2, 0.25) is 0 Å². The Hall–Kier alpha value is -3.46. The first kappa shape index (κ1) is 28.6. The van der Waals surface area contributed by atoms with Crippen molar-refractivity contribution >= 4 is 35.6 Å². The summed E-state index contributed by atoms with van der Waals surface area (Å²) in [5.74, 6) is -4.75. The third-order valence-electron chi connectivity index (χ3n) is 5.20. The van der Waals surface area contributed by atoms with Crippen molar-refractivity contribution in [2.24, 2.45) is 22.2 Å². The molecule has 0 radical (unpaired) electrons. The molecule has 15 heteroatoms. The third kappa shape index (κ3) is 9.19. The van der Waals surface area contributed by atoms with Crippen LogP contribution in [-0.2, 0) is 24.0 Å². The highest BCUT2D eigenvalue weighted by Crippen LogP contribution is 2.20. The minimum Gasteiger partial charge on any atom is -0.481 e. The quantitative estimate of drug-likeness (QED) is 0.0670. The summed E-state index contributed by atoms with van der Waals surface area (Å²) in [7, 11) is 0. The molecule has 4 atom stereocenters. The number of aliphatic carboxylic acids is 2. The topological polar surface area (TPSA) is 264 Å². The SMILES string of the molecule is NC(N)=NCCCC(NC(=O)C(N)CCC(=O)O)C(=O)N1CCCC1C(=O)NC(CO)C(=O)O. The van der Waals surface area contributed by atoms with E-state index in [0.29, 0.717) is 12.8 Å². The van der Waals surface area contributed by atoms with Crippen LogP contribution in [0.5, 0.6) is 0 Å². The van der Waals surface area contributed by atoms with E-state index in [1.807, 2.05) is 0 Å². The number of hydrogen-bond donors (Lipinski definition) is 8. The Morgan fingerprint density at radius 2 is 1.74 bits per heavy atom. The molecule has 11 N–H and O–H groups in total. The molecule has 192 valence electrons. The average molecular weight is 488 g/mol. The van der Waals surface area contributed by atoms with E-state index in [0.717, 1.165) is 0 Å². The number of aliphatic hydroxyl groups excluding tert-OH is 1.